The summed E-state index contributed by atoms with van der Waals surface area (Å²) in [6.45, 7) is 2.63. The zero-order valence-electron chi connectivity index (χ0n) is 9.05. The summed E-state index contributed by atoms with van der Waals surface area (Å²) in [6.07, 6.45) is 1.44. The minimum atomic E-state index is 0.0956. The summed E-state index contributed by atoms with van der Waals surface area (Å²) in [4.78, 5) is 16.1. The molecule has 0 radical (unpaired) electrons. The summed E-state index contributed by atoms with van der Waals surface area (Å²) in [6, 6.07) is 5.54. The molecule has 0 atom stereocenters. The standard InChI is InChI=1S/C11H12N4O/c1-8-4-5-10(9(7-8)13-14-12)15-6-2-3-11(15)16/h4-5,7H,2-3,6H2,1H3. The molecule has 0 saturated carbocycles. The van der Waals surface area contributed by atoms with E-state index in [1.54, 1.807) is 11.0 Å². The van der Waals surface area contributed by atoms with Crippen LogP contribution in [0.15, 0.2) is 23.3 Å². The Morgan fingerprint density at radius 3 is 2.94 bits per heavy atom. The van der Waals surface area contributed by atoms with E-state index in [-0.39, 0.29) is 5.91 Å². The Labute approximate surface area is 93.3 Å². The monoisotopic (exact) mass is 216 g/mol. The van der Waals surface area contributed by atoms with Crippen LogP contribution in [0.25, 0.3) is 10.4 Å². The molecule has 16 heavy (non-hydrogen) atoms. The first kappa shape index (κ1) is 10.5. The lowest BCUT2D eigenvalue weighted by molar-refractivity contribution is -0.117. The number of carbonyl (C=O) groups excluding carboxylic acids is 1. The van der Waals surface area contributed by atoms with Gasteiger partial charge in [0, 0.05) is 17.9 Å². The molecule has 1 saturated heterocycles. The molecular formula is C11H12N4O. The smallest absolute Gasteiger partial charge is 0.227 e. The zero-order valence-corrected chi connectivity index (χ0v) is 9.05. The van der Waals surface area contributed by atoms with Gasteiger partial charge in [-0.15, -0.1) is 0 Å². The highest BCUT2D eigenvalue weighted by Crippen LogP contribution is 2.32. The molecule has 1 heterocycles. The van der Waals surface area contributed by atoms with Gasteiger partial charge < -0.3 is 4.90 Å². The van der Waals surface area contributed by atoms with Crippen LogP contribution in [0.2, 0.25) is 0 Å². The van der Waals surface area contributed by atoms with Crippen molar-refractivity contribution in [3.05, 3.63) is 34.2 Å². The Kier molecular flexibility index (Phi) is 2.79. The number of hydrogen-bond acceptors (Lipinski definition) is 2. The average molecular weight is 216 g/mol. The summed E-state index contributed by atoms with van der Waals surface area (Å²) in [5.74, 6) is 0.0956. The van der Waals surface area contributed by atoms with E-state index >= 15 is 0 Å². The van der Waals surface area contributed by atoms with Gasteiger partial charge in [-0.3, -0.25) is 4.79 Å². The summed E-state index contributed by atoms with van der Waals surface area (Å²) < 4.78 is 0. The SMILES string of the molecule is Cc1ccc(N2CCCC2=O)c(N=[N+]=[N-])c1. The predicted molar refractivity (Wildman–Crippen MR) is 61.6 cm³/mol. The van der Waals surface area contributed by atoms with Crippen molar-refractivity contribution in [2.45, 2.75) is 19.8 Å². The molecule has 0 spiro atoms. The van der Waals surface area contributed by atoms with E-state index in [0.717, 1.165) is 12.0 Å². The quantitative estimate of drug-likeness (QED) is 0.425. The van der Waals surface area contributed by atoms with Crippen molar-refractivity contribution in [2.24, 2.45) is 5.11 Å². The topological polar surface area (TPSA) is 69.1 Å². The van der Waals surface area contributed by atoms with Gasteiger partial charge in [0.2, 0.25) is 5.91 Å². The second-order valence-corrected chi connectivity index (χ2v) is 3.83. The molecule has 0 N–H and O–H groups in total. The van der Waals surface area contributed by atoms with E-state index in [0.29, 0.717) is 24.3 Å². The van der Waals surface area contributed by atoms with Crippen molar-refractivity contribution in [3.8, 4) is 0 Å². The van der Waals surface area contributed by atoms with Crippen LogP contribution < -0.4 is 4.90 Å². The van der Waals surface area contributed by atoms with Crippen LogP contribution in [-0.4, -0.2) is 12.5 Å². The van der Waals surface area contributed by atoms with Crippen molar-refractivity contribution in [1.29, 1.82) is 0 Å². The number of nitrogens with zero attached hydrogens (tertiary/aromatic N) is 4. The highest BCUT2D eigenvalue weighted by Gasteiger charge is 2.23. The number of anilines is 1. The molecule has 1 aliphatic rings. The maximum atomic E-state index is 11.6. The third kappa shape index (κ3) is 1.85. The Hall–Kier alpha value is -2.00. The molecule has 1 aliphatic heterocycles. The van der Waals surface area contributed by atoms with Crippen molar-refractivity contribution in [2.75, 3.05) is 11.4 Å². The van der Waals surface area contributed by atoms with Crippen molar-refractivity contribution in [3.63, 3.8) is 0 Å². The molecule has 1 amide bonds. The minimum Gasteiger partial charge on any atom is -0.312 e. The van der Waals surface area contributed by atoms with Crippen LogP contribution in [0, 0.1) is 6.92 Å². The largest absolute Gasteiger partial charge is 0.312 e. The van der Waals surface area contributed by atoms with E-state index in [1.165, 1.54) is 0 Å². The zero-order chi connectivity index (χ0) is 11.5. The second-order valence-electron chi connectivity index (χ2n) is 3.83. The van der Waals surface area contributed by atoms with Gasteiger partial charge in [0.05, 0.1) is 11.4 Å². The van der Waals surface area contributed by atoms with Crippen LogP contribution in [0.4, 0.5) is 11.4 Å². The molecule has 0 aliphatic carbocycles. The van der Waals surface area contributed by atoms with Gasteiger partial charge in [0.1, 0.15) is 0 Å². The number of azide groups is 1. The van der Waals surface area contributed by atoms with Crippen LogP contribution >= 0.6 is 0 Å². The summed E-state index contributed by atoms with van der Waals surface area (Å²) in [5.41, 5.74) is 10.7. The highest BCUT2D eigenvalue weighted by atomic mass is 16.2. The lowest BCUT2D eigenvalue weighted by Crippen LogP contribution is -2.23. The van der Waals surface area contributed by atoms with E-state index < -0.39 is 0 Å². The summed E-state index contributed by atoms with van der Waals surface area (Å²) in [5, 5.41) is 3.63. The minimum absolute atomic E-state index is 0.0956. The maximum absolute atomic E-state index is 11.6. The fourth-order valence-electron chi connectivity index (χ4n) is 1.89. The van der Waals surface area contributed by atoms with Gasteiger partial charge in [-0.25, -0.2) is 0 Å². The summed E-state index contributed by atoms with van der Waals surface area (Å²) >= 11 is 0. The fourth-order valence-corrected chi connectivity index (χ4v) is 1.89. The van der Waals surface area contributed by atoms with Gasteiger partial charge in [0.15, 0.2) is 0 Å². The fraction of sp³-hybridized carbons (Fsp3) is 0.364. The Morgan fingerprint density at radius 2 is 2.31 bits per heavy atom. The number of amides is 1. The lowest BCUT2D eigenvalue weighted by Gasteiger charge is -2.18. The van der Waals surface area contributed by atoms with Crippen LogP contribution in [-0.2, 0) is 4.79 Å². The Morgan fingerprint density at radius 1 is 1.50 bits per heavy atom. The third-order valence-corrected chi connectivity index (χ3v) is 2.65. The highest BCUT2D eigenvalue weighted by molar-refractivity contribution is 5.98. The first-order valence-electron chi connectivity index (χ1n) is 5.18. The van der Waals surface area contributed by atoms with Crippen LogP contribution in [0.5, 0.6) is 0 Å². The van der Waals surface area contributed by atoms with E-state index in [9.17, 15) is 4.79 Å². The average Bonchev–Trinajstić information content (AvgIpc) is 2.65. The van der Waals surface area contributed by atoms with Gasteiger partial charge in [0.25, 0.3) is 0 Å². The number of aryl methyl sites for hydroxylation is 1. The molecular weight excluding hydrogens is 204 g/mol. The molecule has 0 aromatic heterocycles. The molecule has 1 fully saturated rings. The number of rotatable bonds is 2. The molecule has 5 heteroatoms. The van der Waals surface area contributed by atoms with Crippen molar-refractivity contribution < 1.29 is 4.79 Å². The van der Waals surface area contributed by atoms with Crippen molar-refractivity contribution in [1.82, 2.24) is 0 Å². The van der Waals surface area contributed by atoms with E-state index in [4.69, 9.17) is 5.53 Å². The van der Waals surface area contributed by atoms with Gasteiger partial charge >= 0.3 is 0 Å². The number of benzene rings is 1. The van der Waals surface area contributed by atoms with Crippen molar-refractivity contribution >= 4 is 17.3 Å². The third-order valence-electron chi connectivity index (χ3n) is 2.65. The molecule has 1 aromatic carbocycles. The molecule has 0 bridgehead atoms. The normalized spacial score (nSPS) is 15.1. The Balaban J connectivity index is 2.46. The molecule has 5 nitrogen and oxygen atoms in total. The number of carbonyl (C=O) groups is 1. The Bertz CT molecular complexity index is 477. The lowest BCUT2D eigenvalue weighted by atomic mass is 10.2. The first-order chi connectivity index (χ1) is 7.72. The van der Waals surface area contributed by atoms with Gasteiger partial charge in [-0.1, -0.05) is 16.7 Å². The van der Waals surface area contributed by atoms with Crippen LogP contribution in [0.3, 0.4) is 0 Å². The molecule has 0 unspecified atom stereocenters. The van der Waals surface area contributed by atoms with E-state index in [2.05, 4.69) is 10.0 Å². The van der Waals surface area contributed by atoms with Gasteiger partial charge in [-0.05, 0) is 31.0 Å². The predicted octanol–water partition coefficient (Wildman–Crippen LogP) is 3.06. The molecule has 2 rings (SSSR count). The second kappa shape index (κ2) is 4.24. The molecule has 82 valence electrons. The molecule has 1 aromatic rings. The van der Waals surface area contributed by atoms with E-state index in [1.807, 2.05) is 19.1 Å². The number of hydrogen-bond donors (Lipinski definition) is 0. The first-order valence-corrected chi connectivity index (χ1v) is 5.18. The van der Waals surface area contributed by atoms with Gasteiger partial charge in [-0.2, -0.15) is 0 Å². The summed E-state index contributed by atoms with van der Waals surface area (Å²) in [7, 11) is 0. The maximum Gasteiger partial charge on any atom is 0.227 e. The van der Waals surface area contributed by atoms with Crippen LogP contribution in [0.1, 0.15) is 18.4 Å².